The Morgan fingerprint density at radius 2 is 2.20 bits per heavy atom. The number of carboxylic acid groups (broad SMARTS) is 1. The highest BCUT2D eigenvalue weighted by atomic mass is 32.2. The van der Waals surface area contributed by atoms with Crippen molar-refractivity contribution in [3.05, 3.63) is 0 Å². The first-order valence-corrected chi connectivity index (χ1v) is 5.14. The van der Waals surface area contributed by atoms with E-state index in [0.29, 0.717) is 16.7 Å². The molecule has 0 aliphatic carbocycles. The fraction of sp³-hybridized carbons (Fsp3) is 0.714. The summed E-state index contributed by atoms with van der Waals surface area (Å²) in [5.74, 6) is -0.892. The van der Waals surface area contributed by atoms with Gasteiger partial charge < -0.3 is 9.84 Å². The molecule has 1 fully saturated rings. The minimum Gasteiger partial charge on any atom is -0.480 e. The van der Waals surface area contributed by atoms with E-state index >= 15 is 0 Å². The van der Waals surface area contributed by atoms with Gasteiger partial charge in [-0.3, -0.25) is 9.69 Å². The van der Waals surface area contributed by atoms with E-state index in [2.05, 4.69) is 25.6 Å². The standard InChI is InChI=1S/C7H12N2O4S2/c10-6(11)5-2-1-3-8(5)4-13-7(12)9(14)15/h5,14-15H,1-4H2,(H,10,11)/t5-/m0/s1. The maximum Gasteiger partial charge on any atom is 0.431 e. The number of carboxylic acids is 1. The Bertz CT molecular complexity index is 261. The van der Waals surface area contributed by atoms with Crippen molar-refractivity contribution in [3.63, 3.8) is 0 Å². The van der Waals surface area contributed by atoms with Crippen LogP contribution in [0.4, 0.5) is 4.79 Å². The summed E-state index contributed by atoms with van der Waals surface area (Å²) in [4.78, 5) is 23.3. The summed E-state index contributed by atoms with van der Waals surface area (Å²) in [5, 5.41) is 8.84. The molecule has 0 unspecified atom stereocenters. The summed E-state index contributed by atoms with van der Waals surface area (Å²) >= 11 is 7.24. The van der Waals surface area contributed by atoms with Gasteiger partial charge in [-0.1, -0.05) is 0 Å². The lowest BCUT2D eigenvalue weighted by Gasteiger charge is -2.20. The van der Waals surface area contributed by atoms with Crippen LogP contribution in [-0.2, 0) is 9.53 Å². The molecule has 86 valence electrons. The number of hydrogen-bond donors (Lipinski definition) is 3. The predicted molar refractivity (Wildman–Crippen MR) is 58.5 cm³/mol. The van der Waals surface area contributed by atoms with Crippen LogP contribution in [0.25, 0.3) is 0 Å². The van der Waals surface area contributed by atoms with E-state index in [1.807, 2.05) is 0 Å². The van der Waals surface area contributed by atoms with Gasteiger partial charge in [-0.25, -0.2) is 4.79 Å². The number of rotatable bonds is 3. The molecule has 0 radical (unpaired) electrons. The van der Waals surface area contributed by atoms with Crippen LogP contribution in [0.15, 0.2) is 0 Å². The second-order valence-corrected chi connectivity index (χ2v) is 4.25. The minimum absolute atomic E-state index is 0.0482. The van der Waals surface area contributed by atoms with Crippen molar-refractivity contribution in [2.24, 2.45) is 0 Å². The van der Waals surface area contributed by atoms with Gasteiger partial charge >= 0.3 is 12.1 Å². The molecule has 1 N–H and O–H groups in total. The first-order chi connectivity index (χ1) is 7.02. The van der Waals surface area contributed by atoms with Crippen molar-refractivity contribution in [2.45, 2.75) is 18.9 Å². The topological polar surface area (TPSA) is 70.1 Å². The van der Waals surface area contributed by atoms with Gasteiger partial charge in [0, 0.05) is 6.54 Å². The summed E-state index contributed by atoms with van der Waals surface area (Å²) in [5.41, 5.74) is 0. The molecule has 6 nitrogen and oxygen atoms in total. The lowest BCUT2D eigenvalue weighted by Crippen LogP contribution is -2.38. The van der Waals surface area contributed by atoms with Crippen molar-refractivity contribution in [1.82, 2.24) is 8.61 Å². The second-order valence-electron chi connectivity index (χ2n) is 3.14. The van der Waals surface area contributed by atoms with Crippen molar-refractivity contribution >= 4 is 37.7 Å². The van der Waals surface area contributed by atoms with Gasteiger partial charge in [0.05, 0.1) is 0 Å². The molecule has 1 saturated heterocycles. The number of carbonyl (C=O) groups excluding carboxylic acids is 1. The van der Waals surface area contributed by atoms with Crippen molar-refractivity contribution < 1.29 is 19.4 Å². The van der Waals surface area contributed by atoms with Crippen LogP contribution in [0.5, 0.6) is 0 Å². The largest absolute Gasteiger partial charge is 0.480 e. The Kier molecular flexibility index (Phi) is 4.55. The maximum absolute atomic E-state index is 11.0. The monoisotopic (exact) mass is 252 g/mol. The van der Waals surface area contributed by atoms with Crippen molar-refractivity contribution in [2.75, 3.05) is 13.3 Å². The molecule has 0 aromatic rings. The first kappa shape index (κ1) is 12.5. The summed E-state index contributed by atoms with van der Waals surface area (Å²) in [7, 11) is 0. The van der Waals surface area contributed by atoms with Crippen LogP contribution in [-0.4, -0.2) is 45.1 Å². The molecule has 1 atom stereocenters. The Morgan fingerprint density at radius 3 is 2.73 bits per heavy atom. The minimum atomic E-state index is -0.892. The van der Waals surface area contributed by atoms with Crippen LogP contribution in [0.1, 0.15) is 12.8 Å². The number of amides is 1. The van der Waals surface area contributed by atoms with Crippen LogP contribution < -0.4 is 0 Å². The molecule has 0 aromatic heterocycles. The zero-order chi connectivity index (χ0) is 11.4. The number of aliphatic carboxylic acids is 1. The average molecular weight is 252 g/mol. The van der Waals surface area contributed by atoms with Crippen LogP contribution >= 0.6 is 25.6 Å². The number of nitrogens with zero attached hydrogens (tertiary/aromatic N) is 2. The SMILES string of the molecule is O=C(O)[C@@H]1CCCN1COC(=O)N(S)S. The van der Waals surface area contributed by atoms with E-state index in [0.717, 1.165) is 6.42 Å². The average Bonchev–Trinajstić information content (AvgIpc) is 2.61. The molecule has 1 rings (SSSR count). The number of likely N-dealkylation sites (tertiary alicyclic amines) is 1. The summed E-state index contributed by atoms with van der Waals surface area (Å²) in [6, 6.07) is -0.564. The molecule has 15 heavy (non-hydrogen) atoms. The Morgan fingerprint density at radius 1 is 1.53 bits per heavy atom. The fourth-order valence-corrected chi connectivity index (χ4v) is 1.57. The van der Waals surface area contributed by atoms with Gasteiger partial charge in [0.1, 0.15) is 12.8 Å². The molecule has 1 heterocycles. The van der Waals surface area contributed by atoms with Gasteiger partial charge in [0.25, 0.3) is 0 Å². The van der Waals surface area contributed by atoms with E-state index in [1.54, 1.807) is 4.90 Å². The highest BCUT2D eigenvalue weighted by Gasteiger charge is 2.31. The van der Waals surface area contributed by atoms with Crippen molar-refractivity contribution in [1.29, 1.82) is 0 Å². The first-order valence-electron chi connectivity index (χ1n) is 4.34. The van der Waals surface area contributed by atoms with E-state index in [1.165, 1.54) is 0 Å². The summed E-state index contributed by atoms with van der Waals surface area (Å²) < 4.78 is 5.46. The van der Waals surface area contributed by atoms with Crippen LogP contribution in [0.2, 0.25) is 0 Å². The molecule has 8 heteroatoms. The third kappa shape index (κ3) is 3.47. The maximum atomic E-state index is 11.0. The summed E-state index contributed by atoms with van der Waals surface area (Å²) in [6.07, 6.45) is 0.649. The van der Waals surface area contributed by atoms with Crippen LogP contribution in [0, 0.1) is 0 Å². The smallest absolute Gasteiger partial charge is 0.431 e. The van der Waals surface area contributed by atoms with Crippen molar-refractivity contribution in [3.8, 4) is 0 Å². The van der Waals surface area contributed by atoms with Crippen LogP contribution in [0.3, 0.4) is 0 Å². The number of ether oxygens (including phenoxy) is 1. The Labute approximate surface area is 98.3 Å². The summed E-state index contributed by atoms with van der Waals surface area (Å²) in [6.45, 7) is 0.566. The van der Waals surface area contributed by atoms with E-state index in [9.17, 15) is 9.59 Å². The molecule has 1 aliphatic heterocycles. The highest BCUT2D eigenvalue weighted by Crippen LogP contribution is 2.17. The van der Waals surface area contributed by atoms with Gasteiger partial charge in [-0.15, -0.1) is 0 Å². The normalized spacial score (nSPS) is 21.3. The Balaban J connectivity index is 2.38. The quantitative estimate of drug-likeness (QED) is 0.642. The Hall–Kier alpha value is -0.600. The van der Waals surface area contributed by atoms with E-state index in [4.69, 9.17) is 9.84 Å². The number of thiol groups is 2. The molecular weight excluding hydrogens is 240 g/mol. The molecule has 0 aromatic carbocycles. The molecule has 1 aliphatic rings. The number of hydrogen-bond acceptors (Lipinski definition) is 6. The van der Waals surface area contributed by atoms with E-state index in [-0.39, 0.29) is 6.73 Å². The van der Waals surface area contributed by atoms with Gasteiger partial charge in [-0.05, 0) is 38.5 Å². The third-order valence-electron chi connectivity index (χ3n) is 2.17. The highest BCUT2D eigenvalue weighted by molar-refractivity contribution is 7.94. The van der Waals surface area contributed by atoms with Gasteiger partial charge in [0.15, 0.2) is 0 Å². The lowest BCUT2D eigenvalue weighted by molar-refractivity contribution is -0.143. The van der Waals surface area contributed by atoms with E-state index < -0.39 is 18.1 Å². The number of carbonyl (C=O) groups is 2. The second kappa shape index (κ2) is 5.47. The predicted octanol–water partition coefficient (Wildman–Crippen LogP) is 0.621. The molecule has 0 saturated carbocycles. The lowest BCUT2D eigenvalue weighted by atomic mass is 10.2. The zero-order valence-corrected chi connectivity index (χ0v) is 9.66. The fourth-order valence-electron chi connectivity index (χ4n) is 1.46. The molecular formula is C7H12N2O4S2. The zero-order valence-electron chi connectivity index (χ0n) is 7.87. The molecule has 0 bridgehead atoms. The third-order valence-corrected chi connectivity index (χ3v) is 2.49. The van der Waals surface area contributed by atoms with Gasteiger partial charge in [-0.2, -0.15) is 3.71 Å². The van der Waals surface area contributed by atoms with Gasteiger partial charge in [0.2, 0.25) is 0 Å². The molecule has 0 spiro atoms. The molecule has 1 amide bonds.